The Morgan fingerprint density at radius 3 is 2.40 bits per heavy atom. The molecule has 0 bridgehead atoms. The molecule has 0 atom stereocenters. The van der Waals surface area contributed by atoms with E-state index in [1.807, 2.05) is 0 Å². The van der Waals surface area contributed by atoms with Gasteiger partial charge in [0.25, 0.3) is 0 Å². The minimum Gasteiger partial charge on any atom is -0.393 e. The van der Waals surface area contributed by atoms with Crippen molar-refractivity contribution in [3.05, 3.63) is 36.7 Å². The lowest BCUT2D eigenvalue weighted by Crippen LogP contribution is -2.47. The third kappa shape index (κ3) is 4.32. The van der Waals surface area contributed by atoms with Gasteiger partial charge in [0.2, 0.25) is 0 Å². The summed E-state index contributed by atoms with van der Waals surface area (Å²) in [5.41, 5.74) is 8.26. The van der Waals surface area contributed by atoms with Gasteiger partial charge in [0.1, 0.15) is 12.0 Å². The van der Waals surface area contributed by atoms with Gasteiger partial charge in [-0.05, 0) is 24.5 Å². The lowest BCUT2D eigenvalue weighted by Gasteiger charge is -2.37. The molecule has 1 aromatic heterocycles. The van der Waals surface area contributed by atoms with Gasteiger partial charge in [-0.25, -0.2) is 9.97 Å². The van der Waals surface area contributed by atoms with Crippen LogP contribution in [0.2, 0.25) is 0 Å². The summed E-state index contributed by atoms with van der Waals surface area (Å²) in [6, 6.07) is 10.5. The average Bonchev–Trinajstić information content (AvgIpc) is 2.64. The van der Waals surface area contributed by atoms with Crippen LogP contribution in [0.5, 0.6) is 0 Å². The number of rotatable bonds is 6. The molecule has 134 valence electrons. The Labute approximate surface area is 150 Å². The van der Waals surface area contributed by atoms with E-state index in [4.69, 9.17) is 5.73 Å². The Balaban J connectivity index is 1.63. The van der Waals surface area contributed by atoms with Crippen molar-refractivity contribution in [2.24, 2.45) is 5.92 Å². The molecule has 0 amide bonds. The van der Waals surface area contributed by atoms with E-state index in [1.165, 1.54) is 5.69 Å². The summed E-state index contributed by atoms with van der Waals surface area (Å²) >= 11 is 0. The Hall–Kier alpha value is -2.50. The first kappa shape index (κ1) is 17.3. The summed E-state index contributed by atoms with van der Waals surface area (Å²) in [4.78, 5) is 13.4. The first-order chi connectivity index (χ1) is 12.1. The zero-order chi connectivity index (χ0) is 17.6. The summed E-state index contributed by atoms with van der Waals surface area (Å²) in [6.07, 6.45) is 2.70. The number of hydrogen-bond donors (Lipinski definition) is 2. The number of anilines is 4. The molecule has 1 aromatic carbocycles. The number of nitrogens with two attached hydrogens (primary N) is 1. The van der Waals surface area contributed by atoms with Crippen LogP contribution in [0.3, 0.4) is 0 Å². The lowest BCUT2D eigenvalue weighted by molar-refractivity contribution is 0.606. The van der Waals surface area contributed by atoms with Crippen LogP contribution in [0.1, 0.15) is 20.3 Å². The van der Waals surface area contributed by atoms with Crippen molar-refractivity contribution < 1.29 is 0 Å². The molecule has 0 unspecified atom stereocenters. The second kappa shape index (κ2) is 8.05. The van der Waals surface area contributed by atoms with E-state index in [9.17, 15) is 0 Å². The van der Waals surface area contributed by atoms with Crippen LogP contribution in [0, 0.1) is 5.92 Å². The van der Waals surface area contributed by atoms with Crippen LogP contribution in [0.25, 0.3) is 0 Å². The number of aromatic nitrogens is 2. The molecule has 1 aliphatic heterocycles. The first-order valence-corrected chi connectivity index (χ1v) is 9.04. The van der Waals surface area contributed by atoms with Crippen LogP contribution < -0.4 is 20.9 Å². The quantitative estimate of drug-likeness (QED) is 0.843. The highest BCUT2D eigenvalue weighted by Gasteiger charge is 2.21. The first-order valence-electron chi connectivity index (χ1n) is 9.04. The normalized spacial score (nSPS) is 14.8. The maximum absolute atomic E-state index is 6.33. The van der Waals surface area contributed by atoms with E-state index in [0.717, 1.165) is 50.8 Å². The molecule has 2 heterocycles. The number of nitrogen functional groups attached to an aromatic ring is 1. The molecule has 3 rings (SSSR count). The summed E-state index contributed by atoms with van der Waals surface area (Å²) in [6.45, 7) is 9.03. The van der Waals surface area contributed by atoms with Crippen molar-refractivity contribution in [3.63, 3.8) is 0 Å². The fourth-order valence-electron chi connectivity index (χ4n) is 3.07. The molecule has 3 N–H and O–H groups in total. The molecule has 1 fully saturated rings. The highest BCUT2D eigenvalue weighted by atomic mass is 15.3. The predicted octanol–water partition coefficient (Wildman–Crippen LogP) is 2.84. The number of nitrogens with one attached hydrogen (secondary N) is 1. The van der Waals surface area contributed by atoms with Crippen LogP contribution >= 0.6 is 0 Å². The summed E-state index contributed by atoms with van der Waals surface area (Å²) in [5.74, 6) is 2.24. The molecular weight excluding hydrogens is 312 g/mol. The van der Waals surface area contributed by atoms with Gasteiger partial charge >= 0.3 is 0 Å². The second-order valence-electron chi connectivity index (χ2n) is 6.88. The maximum atomic E-state index is 6.33. The van der Waals surface area contributed by atoms with E-state index in [0.29, 0.717) is 11.6 Å². The van der Waals surface area contributed by atoms with Crippen LogP contribution in [0.4, 0.5) is 23.0 Å². The van der Waals surface area contributed by atoms with Gasteiger partial charge in [-0.2, -0.15) is 0 Å². The molecule has 6 heteroatoms. The van der Waals surface area contributed by atoms with E-state index in [1.54, 1.807) is 6.33 Å². The largest absolute Gasteiger partial charge is 0.393 e. The molecule has 1 saturated heterocycles. The fourth-order valence-corrected chi connectivity index (χ4v) is 3.07. The van der Waals surface area contributed by atoms with Crippen molar-refractivity contribution in [2.75, 3.05) is 53.6 Å². The zero-order valence-corrected chi connectivity index (χ0v) is 15.2. The van der Waals surface area contributed by atoms with Gasteiger partial charge in [0.05, 0.1) is 0 Å². The number of hydrogen-bond acceptors (Lipinski definition) is 6. The van der Waals surface area contributed by atoms with Crippen LogP contribution in [-0.2, 0) is 0 Å². The molecule has 25 heavy (non-hydrogen) atoms. The summed E-state index contributed by atoms with van der Waals surface area (Å²) < 4.78 is 0. The third-order valence-corrected chi connectivity index (χ3v) is 4.58. The van der Waals surface area contributed by atoms with E-state index < -0.39 is 0 Å². The van der Waals surface area contributed by atoms with Gasteiger partial charge in [0.15, 0.2) is 11.6 Å². The smallest absolute Gasteiger partial charge is 0.157 e. The highest BCUT2D eigenvalue weighted by Crippen LogP contribution is 2.27. The van der Waals surface area contributed by atoms with E-state index in [-0.39, 0.29) is 0 Å². The molecule has 2 aromatic rings. The van der Waals surface area contributed by atoms with Gasteiger partial charge in [0, 0.05) is 38.4 Å². The van der Waals surface area contributed by atoms with Crippen molar-refractivity contribution >= 4 is 23.0 Å². The van der Waals surface area contributed by atoms with E-state index in [2.05, 4.69) is 69.3 Å². The van der Waals surface area contributed by atoms with Crippen molar-refractivity contribution in [1.29, 1.82) is 0 Å². The third-order valence-electron chi connectivity index (χ3n) is 4.58. The number of benzene rings is 1. The number of nitrogens with zero attached hydrogens (tertiary/aromatic N) is 4. The monoisotopic (exact) mass is 340 g/mol. The van der Waals surface area contributed by atoms with Crippen molar-refractivity contribution in [1.82, 2.24) is 9.97 Å². The number of piperazine rings is 1. The van der Waals surface area contributed by atoms with Crippen LogP contribution in [0.15, 0.2) is 36.7 Å². The standard InChI is InChI=1S/C19H28N6/c1-15(2)8-9-21-18-17(20)19(23-14-22-18)25-12-10-24(11-13-25)16-6-4-3-5-7-16/h3-7,14-15H,8-13,20H2,1-2H3,(H,21,22,23). The topological polar surface area (TPSA) is 70.3 Å². The Kier molecular flexibility index (Phi) is 5.58. The molecule has 0 radical (unpaired) electrons. The van der Waals surface area contributed by atoms with E-state index >= 15 is 0 Å². The van der Waals surface area contributed by atoms with Crippen molar-refractivity contribution in [2.45, 2.75) is 20.3 Å². The molecule has 1 aliphatic rings. The summed E-state index contributed by atoms with van der Waals surface area (Å²) in [7, 11) is 0. The second-order valence-corrected chi connectivity index (χ2v) is 6.88. The van der Waals surface area contributed by atoms with Crippen LogP contribution in [-0.4, -0.2) is 42.7 Å². The molecule has 0 aliphatic carbocycles. The molecule has 6 nitrogen and oxygen atoms in total. The van der Waals surface area contributed by atoms with Crippen molar-refractivity contribution in [3.8, 4) is 0 Å². The minimum absolute atomic E-state index is 0.652. The Morgan fingerprint density at radius 2 is 1.72 bits per heavy atom. The fraction of sp³-hybridized carbons (Fsp3) is 0.474. The van der Waals surface area contributed by atoms with Gasteiger partial charge in [-0.1, -0.05) is 32.0 Å². The Bertz CT molecular complexity index is 665. The molecular formula is C19H28N6. The zero-order valence-electron chi connectivity index (χ0n) is 15.2. The Morgan fingerprint density at radius 1 is 1.04 bits per heavy atom. The SMILES string of the molecule is CC(C)CCNc1ncnc(N2CCN(c3ccccc3)CC2)c1N. The number of para-hydroxylation sites is 1. The van der Waals surface area contributed by atoms with Gasteiger partial charge in [-0.15, -0.1) is 0 Å². The highest BCUT2D eigenvalue weighted by molar-refractivity contribution is 5.75. The average molecular weight is 340 g/mol. The van der Waals surface area contributed by atoms with Gasteiger partial charge in [-0.3, -0.25) is 0 Å². The summed E-state index contributed by atoms with van der Waals surface area (Å²) in [5, 5.41) is 3.35. The molecule has 0 saturated carbocycles. The molecule has 0 spiro atoms. The minimum atomic E-state index is 0.652. The maximum Gasteiger partial charge on any atom is 0.157 e. The van der Waals surface area contributed by atoms with Gasteiger partial charge < -0.3 is 20.9 Å². The predicted molar refractivity (Wildman–Crippen MR) is 105 cm³/mol. The lowest BCUT2D eigenvalue weighted by atomic mass is 10.1.